The summed E-state index contributed by atoms with van der Waals surface area (Å²) in [6, 6.07) is 4.84. The van der Waals surface area contributed by atoms with Crippen molar-refractivity contribution in [3.63, 3.8) is 0 Å². The van der Waals surface area contributed by atoms with E-state index in [-0.39, 0.29) is 17.9 Å². The van der Waals surface area contributed by atoms with Gasteiger partial charge < -0.3 is 11.1 Å². The van der Waals surface area contributed by atoms with E-state index in [1.54, 1.807) is 12.1 Å². The molecule has 1 aliphatic heterocycles. The van der Waals surface area contributed by atoms with Crippen LogP contribution in [-0.4, -0.2) is 23.8 Å². The Balaban J connectivity index is 1.99. The van der Waals surface area contributed by atoms with E-state index in [1.807, 2.05) is 13.0 Å². The number of carbonyl (C=O) groups is 3. The molecule has 1 heterocycles. The first-order valence-electron chi connectivity index (χ1n) is 6.44. The lowest BCUT2D eigenvalue weighted by atomic mass is 10.0. The van der Waals surface area contributed by atoms with E-state index in [4.69, 9.17) is 5.73 Å². The van der Waals surface area contributed by atoms with Crippen LogP contribution in [0.3, 0.4) is 0 Å². The number of hydrogen-bond acceptors (Lipinski definition) is 4. The number of benzene rings is 1. The average molecular weight is 275 g/mol. The van der Waals surface area contributed by atoms with Crippen molar-refractivity contribution in [3.8, 4) is 0 Å². The van der Waals surface area contributed by atoms with Crippen LogP contribution in [0.5, 0.6) is 0 Å². The number of piperidine rings is 1. The molecule has 1 aliphatic rings. The Morgan fingerprint density at radius 2 is 2.20 bits per heavy atom. The number of rotatable bonds is 4. The highest BCUT2D eigenvalue weighted by atomic mass is 16.2. The second-order valence-electron chi connectivity index (χ2n) is 4.89. The van der Waals surface area contributed by atoms with Crippen LogP contribution in [0.15, 0.2) is 18.2 Å². The first-order chi connectivity index (χ1) is 9.47. The summed E-state index contributed by atoms with van der Waals surface area (Å²) >= 11 is 0. The Morgan fingerprint density at radius 3 is 2.80 bits per heavy atom. The molecule has 0 saturated carbocycles. The lowest BCUT2D eigenvalue weighted by molar-refractivity contribution is -0.134. The van der Waals surface area contributed by atoms with Gasteiger partial charge in [-0.25, -0.2) is 0 Å². The van der Waals surface area contributed by atoms with Crippen LogP contribution in [0.4, 0.5) is 0 Å². The van der Waals surface area contributed by atoms with Gasteiger partial charge in [-0.2, -0.15) is 0 Å². The highest BCUT2D eigenvalue weighted by Gasteiger charge is 2.25. The third kappa shape index (κ3) is 3.21. The molecule has 0 aromatic heterocycles. The second-order valence-corrected chi connectivity index (χ2v) is 4.89. The van der Waals surface area contributed by atoms with Crippen molar-refractivity contribution in [2.75, 3.05) is 0 Å². The molecule has 1 saturated heterocycles. The normalized spacial score (nSPS) is 18.8. The maximum atomic E-state index is 11.6. The summed E-state index contributed by atoms with van der Waals surface area (Å²) in [5.74, 6) is -0.972. The zero-order valence-electron chi connectivity index (χ0n) is 11.2. The molecule has 4 N–H and O–H groups in total. The largest absolute Gasteiger partial charge is 0.366 e. The summed E-state index contributed by atoms with van der Waals surface area (Å²) in [5.41, 5.74) is 7.60. The van der Waals surface area contributed by atoms with Crippen LogP contribution in [0.2, 0.25) is 0 Å². The van der Waals surface area contributed by atoms with Gasteiger partial charge >= 0.3 is 0 Å². The minimum Gasteiger partial charge on any atom is -0.366 e. The standard InChI is InChI=1S/C14H17N3O3/c1-8-6-9(13(15)19)2-3-10(8)7-16-11-4-5-12(18)17-14(11)20/h2-3,6,11,16H,4-5,7H2,1H3,(H2,15,19)(H,17,18,20). The Morgan fingerprint density at radius 1 is 1.45 bits per heavy atom. The highest BCUT2D eigenvalue weighted by Crippen LogP contribution is 2.12. The Bertz CT molecular complexity index is 569. The van der Waals surface area contributed by atoms with Gasteiger partial charge in [0.15, 0.2) is 0 Å². The fourth-order valence-electron chi connectivity index (χ4n) is 2.17. The molecule has 1 aromatic carbocycles. The van der Waals surface area contributed by atoms with Gasteiger partial charge in [-0.1, -0.05) is 6.07 Å². The monoisotopic (exact) mass is 275 g/mol. The van der Waals surface area contributed by atoms with Gasteiger partial charge in [0.25, 0.3) is 0 Å². The predicted molar refractivity (Wildman–Crippen MR) is 72.7 cm³/mol. The molecule has 1 unspecified atom stereocenters. The minimum absolute atomic E-state index is 0.227. The van der Waals surface area contributed by atoms with E-state index >= 15 is 0 Å². The van der Waals surface area contributed by atoms with E-state index in [2.05, 4.69) is 10.6 Å². The molecule has 0 aliphatic carbocycles. The molecular formula is C14H17N3O3. The second kappa shape index (κ2) is 5.83. The van der Waals surface area contributed by atoms with Crippen LogP contribution in [0.1, 0.15) is 34.3 Å². The topological polar surface area (TPSA) is 101 Å². The molecule has 1 fully saturated rings. The molecule has 0 spiro atoms. The summed E-state index contributed by atoms with van der Waals surface area (Å²) in [7, 11) is 0. The predicted octanol–water partition coefficient (Wildman–Crippen LogP) is -0.0113. The summed E-state index contributed by atoms with van der Waals surface area (Å²) < 4.78 is 0. The van der Waals surface area contributed by atoms with Crippen molar-refractivity contribution in [1.82, 2.24) is 10.6 Å². The maximum Gasteiger partial charge on any atom is 0.248 e. The maximum absolute atomic E-state index is 11.6. The van der Waals surface area contributed by atoms with Gasteiger partial charge in [-0.15, -0.1) is 0 Å². The molecule has 0 radical (unpaired) electrons. The van der Waals surface area contributed by atoms with Crippen molar-refractivity contribution in [1.29, 1.82) is 0 Å². The lowest BCUT2D eigenvalue weighted by Gasteiger charge is -2.22. The zero-order chi connectivity index (χ0) is 14.7. The fourth-order valence-corrected chi connectivity index (χ4v) is 2.17. The van der Waals surface area contributed by atoms with Gasteiger partial charge in [0.05, 0.1) is 6.04 Å². The summed E-state index contributed by atoms with van der Waals surface area (Å²) in [6.07, 6.45) is 0.853. The molecule has 20 heavy (non-hydrogen) atoms. The number of nitrogens with one attached hydrogen (secondary N) is 2. The van der Waals surface area contributed by atoms with Crippen molar-refractivity contribution in [2.24, 2.45) is 5.73 Å². The van der Waals surface area contributed by atoms with E-state index < -0.39 is 5.91 Å². The molecule has 3 amide bonds. The van der Waals surface area contributed by atoms with E-state index in [9.17, 15) is 14.4 Å². The van der Waals surface area contributed by atoms with Crippen molar-refractivity contribution in [3.05, 3.63) is 34.9 Å². The van der Waals surface area contributed by atoms with Gasteiger partial charge in [0.2, 0.25) is 17.7 Å². The van der Waals surface area contributed by atoms with Crippen molar-refractivity contribution < 1.29 is 14.4 Å². The lowest BCUT2D eigenvalue weighted by Crippen LogP contribution is -2.50. The zero-order valence-corrected chi connectivity index (χ0v) is 11.2. The van der Waals surface area contributed by atoms with Crippen LogP contribution in [0, 0.1) is 6.92 Å². The van der Waals surface area contributed by atoms with E-state index in [1.165, 1.54) is 0 Å². The first-order valence-corrected chi connectivity index (χ1v) is 6.44. The number of hydrogen-bond donors (Lipinski definition) is 3. The SMILES string of the molecule is Cc1cc(C(N)=O)ccc1CNC1CCC(=O)NC1=O. The van der Waals surface area contributed by atoms with E-state index in [0.717, 1.165) is 11.1 Å². The Hall–Kier alpha value is -2.21. The average Bonchev–Trinajstić information content (AvgIpc) is 2.38. The van der Waals surface area contributed by atoms with Crippen molar-refractivity contribution >= 4 is 17.7 Å². The molecule has 6 nitrogen and oxygen atoms in total. The van der Waals surface area contributed by atoms with Crippen LogP contribution in [0.25, 0.3) is 0 Å². The Kier molecular flexibility index (Phi) is 4.14. The fraction of sp³-hybridized carbons (Fsp3) is 0.357. The van der Waals surface area contributed by atoms with Gasteiger partial charge in [0, 0.05) is 18.5 Å². The molecule has 106 valence electrons. The highest BCUT2D eigenvalue weighted by molar-refractivity contribution is 6.00. The molecule has 2 rings (SSSR count). The summed E-state index contributed by atoms with van der Waals surface area (Å²) in [6.45, 7) is 2.38. The smallest absolute Gasteiger partial charge is 0.248 e. The Labute approximate surface area is 116 Å². The number of nitrogens with two attached hydrogens (primary N) is 1. The molecule has 0 bridgehead atoms. The van der Waals surface area contributed by atoms with Crippen LogP contribution in [-0.2, 0) is 16.1 Å². The van der Waals surface area contributed by atoms with Gasteiger partial charge in [-0.3, -0.25) is 19.7 Å². The van der Waals surface area contributed by atoms with Crippen LogP contribution < -0.4 is 16.4 Å². The third-order valence-electron chi connectivity index (χ3n) is 3.41. The summed E-state index contributed by atoms with van der Waals surface area (Å²) in [4.78, 5) is 33.7. The van der Waals surface area contributed by atoms with Crippen molar-refractivity contribution in [2.45, 2.75) is 32.4 Å². The van der Waals surface area contributed by atoms with Gasteiger partial charge in [-0.05, 0) is 36.6 Å². The number of primary amides is 1. The van der Waals surface area contributed by atoms with Gasteiger partial charge in [0.1, 0.15) is 0 Å². The summed E-state index contributed by atoms with van der Waals surface area (Å²) in [5, 5.41) is 5.42. The quantitative estimate of drug-likeness (QED) is 0.673. The number of imide groups is 1. The minimum atomic E-state index is -0.460. The molecule has 1 atom stereocenters. The van der Waals surface area contributed by atoms with E-state index in [0.29, 0.717) is 24.9 Å². The molecular weight excluding hydrogens is 258 g/mol. The molecule has 6 heteroatoms. The van der Waals surface area contributed by atoms with Crippen LogP contribution >= 0.6 is 0 Å². The molecule has 1 aromatic rings. The number of aryl methyl sites for hydroxylation is 1. The number of amides is 3. The third-order valence-corrected chi connectivity index (χ3v) is 3.41. The first kappa shape index (κ1) is 14.2. The number of carbonyl (C=O) groups excluding carboxylic acids is 3.